The number of aromatic nitrogens is 1. The molecule has 0 N–H and O–H groups in total. The fourth-order valence-electron chi connectivity index (χ4n) is 0.455. The van der Waals surface area contributed by atoms with E-state index in [0.717, 1.165) is 0 Å². The van der Waals surface area contributed by atoms with Crippen LogP contribution >= 0.6 is 10.7 Å². The molecule has 0 saturated heterocycles. The van der Waals surface area contributed by atoms with E-state index in [2.05, 4.69) is 9.68 Å². The minimum atomic E-state index is -3.74. The van der Waals surface area contributed by atoms with E-state index >= 15 is 0 Å². The van der Waals surface area contributed by atoms with Crippen LogP contribution in [0.4, 0.5) is 0 Å². The molecular weight excluding hydrogens is 178 g/mol. The van der Waals surface area contributed by atoms with Gasteiger partial charge in [-0.2, -0.15) is 0 Å². The van der Waals surface area contributed by atoms with E-state index in [1.807, 2.05) is 0 Å². The molecule has 56 valence electrons. The first-order valence-electron chi connectivity index (χ1n) is 2.38. The van der Waals surface area contributed by atoms with E-state index in [4.69, 9.17) is 10.7 Å². The van der Waals surface area contributed by atoms with E-state index in [0.29, 0.717) is 5.69 Å². The number of hydrogen-bond acceptors (Lipinski definition) is 4. The second-order valence-electron chi connectivity index (χ2n) is 1.73. The molecule has 1 heterocycles. The predicted octanol–water partition coefficient (Wildman–Crippen LogP) is 0.911. The summed E-state index contributed by atoms with van der Waals surface area (Å²) in [6, 6.07) is 1.25. The molecule has 0 fully saturated rings. The van der Waals surface area contributed by atoms with Crippen LogP contribution < -0.4 is 0 Å². The predicted molar refractivity (Wildman–Crippen MR) is 34.3 cm³/mol. The molecule has 1 aromatic heterocycles. The smallest absolute Gasteiger partial charge is 0.297 e. The maximum absolute atomic E-state index is 10.5. The van der Waals surface area contributed by atoms with Crippen LogP contribution in [-0.4, -0.2) is 13.6 Å². The lowest BCUT2D eigenvalue weighted by molar-refractivity contribution is 0.338. The van der Waals surface area contributed by atoms with Crippen molar-refractivity contribution in [2.24, 2.45) is 0 Å². The second-order valence-corrected chi connectivity index (χ2v) is 4.22. The molecule has 4 nitrogen and oxygen atoms in total. The number of rotatable bonds is 1. The van der Waals surface area contributed by atoms with Gasteiger partial charge in [0.05, 0.1) is 5.69 Å². The van der Waals surface area contributed by atoms with Gasteiger partial charge in [-0.3, -0.25) is 0 Å². The first kappa shape index (κ1) is 7.56. The third-order valence-electron chi connectivity index (χ3n) is 0.847. The van der Waals surface area contributed by atoms with Gasteiger partial charge in [-0.1, -0.05) is 5.16 Å². The Kier molecular flexibility index (Phi) is 1.70. The van der Waals surface area contributed by atoms with Crippen LogP contribution in [0.1, 0.15) is 5.69 Å². The van der Waals surface area contributed by atoms with Crippen molar-refractivity contribution >= 4 is 19.7 Å². The van der Waals surface area contributed by atoms with Gasteiger partial charge in [0.2, 0.25) is 0 Å². The van der Waals surface area contributed by atoms with Crippen molar-refractivity contribution in [1.29, 1.82) is 0 Å². The van der Waals surface area contributed by atoms with Gasteiger partial charge in [-0.05, 0) is 6.92 Å². The SMILES string of the molecule is Cc1cc(S(=O)(=O)Cl)on1. The zero-order chi connectivity index (χ0) is 7.78. The van der Waals surface area contributed by atoms with Crippen molar-refractivity contribution in [3.8, 4) is 0 Å². The largest absolute Gasteiger partial charge is 0.343 e. The van der Waals surface area contributed by atoms with E-state index < -0.39 is 9.05 Å². The van der Waals surface area contributed by atoms with Gasteiger partial charge < -0.3 is 4.52 Å². The van der Waals surface area contributed by atoms with Gasteiger partial charge in [0.25, 0.3) is 14.1 Å². The molecule has 0 bridgehead atoms. The monoisotopic (exact) mass is 181 g/mol. The van der Waals surface area contributed by atoms with Crippen molar-refractivity contribution in [2.75, 3.05) is 0 Å². The summed E-state index contributed by atoms with van der Waals surface area (Å²) in [5, 5.41) is 3.03. The van der Waals surface area contributed by atoms with Crippen molar-refractivity contribution in [3.05, 3.63) is 11.8 Å². The Morgan fingerprint density at radius 1 is 1.70 bits per heavy atom. The highest BCUT2D eigenvalue weighted by Crippen LogP contribution is 2.14. The fourth-order valence-corrected chi connectivity index (χ4v) is 1.11. The minimum absolute atomic E-state index is 0.313. The topological polar surface area (TPSA) is 60.2 Å². The molecule has 10 heavy (non-hydrogen) atoms. The number of hydrogen-bond donors (Lipinski definition) is 0. The molecule has 1 aromatic rings. The molecule has 0 radical (unpaired) electrons. The van der Waals surface area contributed by atoms with Crippen LogP contribution in [0.5, 0.6) is 0 Å². The highest BCUT2D eigenvalue weighted by atomic mass is 35.7. The van der Waals surface area contributed by atoms with Gasteiger partial charge in [-0.25, -0.2) is 8.42 Å². The first-order valence-corrected chi connectivity index (χ1v) is 4.69. The Labute approximate surface area is 62.2 Å². The molecule has 0 saturated carbocycles. The van der Waals surface area contributed by atoms with E-state index in [1.165, 1.54) is 6.07 Å². The quantitative estimate of drug-likeness (QED) is 0.605. The average molecular weight is 182 g/mol. The van der Waals surface area contributed by atoms with Crippen LogP contribution in [0, 0.1) is 6.92 Å². The van der Waals surface area contributed by atoms with Crippen LogP contribution in [0.3, 0.4) is 0 Å². The lowest BCUT2D eigenvalue weighted by Gasteiger charge is -1.80. The Morgan fingerprint density at radius 3 is 2.50 bits per heavy atom. The summed E-state index contributed by atoms with van der Waals surface area (Å²) in [5.74, 6) is 0. The molecule has 1 rings (SSSR count). The molecule has 0 amide bonds. The third-order valence-corrected chi connectivity index (χ3v) is 1.98. The fraction of sp³-hybridized carbons (Fsp3) is 0.250. The minimum Gasteiger partial charge on any atom is -0.343 e. The normalized spacial score (nSPS) is 11.8. The van der Waals surface area contributed by atoms with Crippen LogP contribution in [0.2, 0.25) is 0 Å². The summed E-state index contributed by atoms with van der Waals surface area (Å²) >= 11 is 0. The summed E-state index contributed by atoms with van der Waals surface area (Å²) in [5.41, 5.74) is 0.485. The van der Waals surface area contributed by atoms with Crippen LogP contribution in [-0.2, 0) is 9.05 Å². The van der Waals surface area contributed by atoms with E-state index in [9.17, 15) is 8.42 Å². The van der Waals surface area contributed by atoms with E-state index in [1.54, 1.807) is 6.92 Å². The molecule has 0 aliphatic heterocycles. The van der Waals surface area contributed by atoms with Gasteiger partial charge in [0, 0.05) is 16.7 Å². The van der Waals surface area contributed by atoms with Crippen LogP contribution in [0.15, 0.2) is 15.7 Å². The Hall–Kier alpha value is -0.550. The van der Waals surface area contributed by atoms with Crippen molar-refractivity contribution in [3.63, 3.8) is 0 Å². The number of halogens is 1. The highest BCUT2D eigenvalue weighted by Gasteiger charge is 2.14. The second kappa shape index (κ2) is 2.25. The Morgan fingerprint density at radius 2 is 2.30 bits per heavy atom. The molecule has 6 heteroatoms. The molecule has 0 aliphatic rings. The summed E-state index contributed by atoms with van der Waals surface area (Å²) in [6.07, 6.45) is 0. The first-order chi connectivity index (χ1) is 4.50. The molecule has 0 aliphatic carbocycles. The van der Waals surface area contributed by atoms with Gasteiger partial charge in [0.15, 0.2) is 0 Å². The van der Waals surface area contributed by atoms with Crippen molar-refractivity contribution in [1.82, 2.24) is 5.16 Å². The summed E-state index contributed by atoms with van der Waals surface area (Å²) < 4.78 is 25.3. The number of aryl methyl sites for hydroxylation is 1. The molecule has 0 spiro atoms. The summed E-state index contributed by atoms with van der Waals surface area (Å²) in [6.45, 7) is 1.61. The standard InChI is InChI=1S/C4H4ClNO3S/c1-3-2-4(9-6-3)10(5,7)8/h2H,1H3. The lowest BCUT2D eigenvalue weighted by atomic mass is 10.5. The zero-order valence-electron chi connectivity index (χ0n) is 5.04. The zero-order valence-corrected chi connectivity index (χ0v) is 6.61. The maximum atomic E-state index is 10.5. The highest BCUT2D eigenvalue weighted by molar-refractivity contribution is 8.13. The maximum Gasteiger partial charge on any atom is 0.297 e. The molecule has 0 atom stereocenters. The average Bonchev–Trinajstić information content (AvgIpc) is 2.11. The van der Waals surface area contributed by atoms with Gasteiger partial charge in [0.1, 0.15) is 0 Å². The summed E-state index contributed by atoms with van der Waals surface area (Å²) in [4.78, 5) is 0. The van der Waals surface area contributed by atoms with Crippen molar-refractivity contribution in [2.45, 2.75) is 12.0 Å². The van der Waals surface area contributed by atoms with Crippen molar-refractivity contribution < 1.29 is 12.9 Å². The Balaban J connectivity index is 3.21. The summed E-state index contributed by atoms with van der Waals surface area (Å²) in [7, 11) is 1.17. The van der Waals surface area contributed by atoms with E-state index in [-0.39, 0.29) is 5.09 Å². The lowest BCUT2D eigenvalue weighted by Crippen LogP contribution is -1.85. The molecule has 0 aromatic carbocycles. The van der Waals surface area contributed by atoms with Gasteiger partial charge >= 0.3 is 0 Å². The third kappa shape index (κ3) is 1.48. The van der Waals surface area contributed by atoms with Crippen LogP contribution in [0.25, 0.3) is 0 Å². The number of nitrogens with zero attached hydrogens (tertiary/aromatic N) is 1. The molecular formula is C4H4ClNO3S. The Bertz CT molecular complexity index is 328. The molecule has 0 unspecified atom stereocenters. The van der Waals surface area contributed by atoms with Gasteiger partial charge in [-0.15, -0.1) is 0 Å².